The molecule has 100 valence electrons. The second-order valence-electron chi connectivity index (χ2n) is 4.29. The summed E-state index contributed by atoms with van der Waals surface area (Å²) in [6.45, 7) is 1.92. The first-order chi connectivity index (χ1) is 9.08. The van der Waals surface area contributed by atoms with E-state index in [-0.39, 0.29) is 12.5 Å². The van der Waals surface area contributed by atoms with E-state index in [2.05, 4.69) is 15.3 Å². The molecule has 0 unspecified atom stereocenters. The molecule has 0 aliphatic carbocycles. The third-order valence-electron chi connectivity index (χ3n) is 2.73. The van der Waals surface area contributed by atoms with Gasteiger partial charge in [0.2, 0.25) is 0 Å². The lowest BCUT2D eigenvalue weighted by molar-refractivity contribution is 0.0904. The van der Waals surface area contributed by atoms with Gasteiger partial charge in [-0.25, -0.2) is 9.97 Å². The minimum Gasteiger partial charge on any atom is -0.383 e. The molecule has 0 bridgehead atoms. The zero-order valence-electron chi connectivity index (χ0n) is 10.9. The number of pyridine rings is 1. The van der Waals surface area contributed by atoms with Crippen molar-refractivity contribution >= 4 is 5.91 Å². The van der Waals surface area contributed by atoms with Crippen LogP contribution in [0.5, 0.6) is 0 Å². The molecule has 2 aromatic heterocycles. The second-order valence-corrected chi connectivity index (χ2v) is 4.29. The molecule has 2 rings (SSSR count). The maximum absolute atomic E-state index is 11.8. The van der Waals surface area contributed by atoms with E-state index in [0.29, 0.717) is 11.5 Å². The van der Waals surface area contributed by atoms with Crippen LogP contribution in [0.4, 0.5) is 0 Å². The quantitative estimate of drug-likeness (QED) is 0.843. The molecule has 6 heteroatoms. The molecule has 0 saturated heterocycles. The number of hydrogen-bond acceptors (Lipinski definition) is 4. The fourth-order valence-corrected chi connectivity index (χ4v) is 1.74. The number of aliphatic hydroxyl groups is 1. The molecule has 0 spiro atoms. The van der Waals surface area contributed by atoms with Gasteiger partial charge in [0, 0.05) is 25.1 Å². The molecule has 2 N–H and O–H groups in total. The Morgan fingerprint density at radius 3 is 2.95 bits per heavy atom. The van der Waals surface area contributed by atoms with Gasteiger partial charge in [-0.05, 0) is 19.1 Å². The van der Waals surface area contributed by atoms with Gasteiger partial charge in [-0.3, -0.25) is 4.79 Å². The van der Waals surface area contributed by atoms with Crippen LogP contribution < -0.4 is 5.32 Å². The maximum Gasteiger partial charge on any atom is 0.269 e. The van der Waals surface area contributed by atoms with E-state index < -0.39 is 6.10 Å². The topological polar surface area (TPSA) is 80.0 Å². The zero-order valence-corrected chi connectivity index (χ0v) is 10.9. The number of imidazole rings is 1. The van der Waals surface area contributed by atoms with Gasteiger partial charge < -0.3 is 15.0 Å². The van der Waals surface area contributed by atoms with Crippen molar-refractivity contribution in [2.24, 2.45) is 7.05 Å². The number of aromatic nitrogens is 3. The van der Waals surface area contributed by atoms with Gasteiger partial charge in [0.15, 0.2) is 0 Å². The number of nitrogens with zero attached hydrogens (tertiary/aromatic N) is 3. The molecule has 0 radical (unpaired) electrons. The summed E-state index contributed by atoms with van der Waals surface area (Å²) < 4.78 is 1.71. The molecule has 0 saturated carbocycles. The van der Waals surface area contributed by atoms with E-state index in [9.17, 15) is 9.90 Å². The predicted octanol–water partition coefficient (Wildman–Crippen LogP) is 0.587. The van der Waals surface area contributed by atoms with E-state index in [0.717, 1.165) is 5.69 Å². The Morgan fingerprint density at radius 1 is 1.53 bits per heavy atom. The Labute approximate surface area is 111 Å². The summed E-state index contributed by atoms with van der Waals surface area (Å²) in [6.07, 6.45) is 2.50. The van der Waals surface area contributed by atoms with E-state index in [1.54, 1.807) is 36.1 Å². The van der Waals surface area contributed by atoms with Gasteiger partial charge in [-0.15, -0.1) is 0 Å². The van der Waals surface area contributed by atoms with Crippen molar-refractivity contribution in [1.82, 2.24) is 19.9 Å². The van der Waals surface area contributed by atoms with Gasteiger partial charge in [-0.1, -0.05) is 6.07 Å². The fourth-order valence-electron chi connectivity index (χ4n) is 1.74. The van der Waals surface area contributed by atoms with E-state index in [4.69, 9.17) is 0 Å². The van der Waals surface area contributed by atoms with Crippen LogP contribution in [0, 0.1) is 6.92 Å². The van der Waals surface area contributed by atoms with Crippen molar-refractivity contribution in [2.75, 3.05) is 6.54 Å². The lowest BCUT2D eigenvalue weighted by atomic mass is 10.3. The Hall–Kier alpha value is -2.21. The minimum absolute atomic E-state index is 0.0965. The van der Waals surface area contributed by atoms with Crippen molar-refractivity contribution in [3.05, 3.63) is 47.8 Å². The first-order valence-electron chi connectivity index (χ1n) is 5.95. The number of aliphatic hydroxyl groups excluding tert-OH is 1. The van der Waals surface area contributed by atoms with Gasteiger partial charge in [-0.2, -0.15) is 0 Å². The zero-order chi connectivity index (χ0) is 13.8. The van der Waals surface area contributed by atoms with Gasteiger partial charge in [0.1, 0.15) is 17.6 Å². The molecule has 6 nitrogen and oxygen atoms in total. The summed E-state index contributed by atoms with van der Waals surface area (Å²) in [7, 11) is 1.79. The highest BCUT2D eigenvalue weighted by Crippen LogP contribution is 2.08. The molecule has 0 aliphatic rings. The standard InChI is InChI=1S/C13H16N4O2/c1-9-4-3-5-10(16-9)13(19)15-8-11(18)12-14-6-7-17(12)2/h3-7,11,18H,8H2,1-2H3,(H,15,19)/t11-/m0/s1. The average molecular weight is 260 g/mol. The van der Waals surface area contributed by atoms with Crippen LogP contribution >= 0.6 is 0 Å². The summed E-state index contributed by atoms with van der Waals surface area (Å²) in [5, 5.41) is 12.6. The van der Waals surface area contributed by atoms with Crippen LogP contribution in [0.2, 0.25) is 0 Å². The number of rotatable bonds is 4. The number of carbonyl (C=O) groups excluding carboxylic acids is 1. The molecule has 1 atom stereocenters. The molecular weight excluding hydrogens is 244 g/mol. The average Bonchev–Trinajstić information content (AvgIpc) is 2.82. The second kappa shape index (κ2) is 5.62. The number of nitrogens with one attached hydrogen (secondary N) is 1. The van der Waals surface area contributed by atoms with Crippen LogP contribution in [0.15, 0.2) is 30.6 Å². The largest absolute Gasteiger partial charge is 0.383 e. The number of carbonyl (C=O) groups is 1. The first-order valence-corrected chi connectivity index (χ1v) is 5.95. The Balaban J connectivity index is 1.96. The number of aryl methyl sites for hydroxylation is 2. The fraction of sp³-hybridized carbons (Fsp3) is 0.308. The van der Waals surface area contributed by atoms with Crippen molar-refractivity contribution in [1.29, 1.82) is 0 Å². The highest BCUT2D eigenvalue weighted by molar-refractivity contribution is 5.92. The van der Waals surface area contributed by atoms with Crippen LogP contribution in [-0.2, 0) is 7.05 Å². The van der Waals surface area contributed by atoms with Crippen LogP contribution in [0.3, 0.4) is 0 Å². The summed E-state index contributed by atoms with van der Waals surface area (Å²) in [4.78, 5) is 20.0. The lowest BCUT2D eigenvalue weighted by Crippen LogP contribution is -2.30. The maximum atomic E-state index is 11.8. The summed E-state index contributed by atoms with van der Waals surface area (Å²) >= 11 is 0. The molecule has 0 aromatic carbocycles. The third kappa shape index (κ3) is 3.17. The monoisotopic (exact) mass is 260 g/mol. The van der Waals surface area contributed by atoms with E-state index in [1.165, 1.54) is 0 Å². The molecule has 2 aromatic rings. The Kier molecular flexibility index (Phi) is 3.91. The van der Waals surface area contributed by atoms with Crippen LogP contribution in [0.1, 0.15) is 28.1 Å². The van der Waals surface area contributed by atoms with Crippen molar-refractivity contribution < 1.29 is 9.90 Å². The van der Waals surface area contributed by atoms with Crippen molar-refractivity contribution in [3.8, 4) is 0 Å². The van der Waals surface area contributed by atoms with E-state index >= 15 is 0 Å². The van der Waals surface area contributed by atoms with Gasteiger partial charge in [0.05, 0.1) is 6.54 Å². The van der Waals surface area contributed by atoms with E-state index in [1.807, 2.05) is 13.0 Å². The van der Waals surface area contributed by atoms with Crippen LogP contribution in [-0.4, -0.2) is 32.1 Å². The van der Waals surface area contributed by atoms with Crippen molar-refractivity contribution in [3.63, 3.8) is 0 Å². The molecule has 2 heterocycles. The molecule has 1 amide bonds. The minimum atomic E-state index is -0.839. The molecule has 19 heavy (non-hydrogen) atoms. The smallest absolute Gasteiger partial charge is 0.269 e. The molecule has 0 fully saturated rings. The van der Waals surface area contributed by atoms with Crippen LogP contribution in [0.25, 0.3) is 0 Å². The number of hydrogen-bond donors (Lipinski definition) is 2. The summed E-state index contributed by atoms with van der Waals surface area (Å²) in [6, 6.07) is 5.22. The summed E-state index contributed by atoms with van der Waals surface area (Å²) in [5.74, 6) is 0.203. The first kappa shape index (κ1) is 13.2. The lowest BCUT2D eigenvalue weighted by Gasteiger charge is -2.11. The highest BCUT2D eigenvalue weighted by Gasteiger charge is 2.14. The number of amides is 1. The van der Waals surface area contributed by atoms with Gasteiger partial charge in [0.25, 0.3) is 5.91 Å². The SMILES string of the molecule is Cc1cccc(C(=O)NC[C@H](O)c2nccn2C)n1. The normalized spacial score (nSPS) is 12.2. The van der Waals surface area contributed by atoms with Crippen molar-refractivity contribution in [2.45, 2.75) is 13.0 Å². The summed E-state index contributed by atoms with van der Waals surface area (Å²) in [5.41, 5.74) is 1.12. The van der Waals surface area contributed by atoms with Gasteiger partial charge >= 0.3 is 0 Å². The molecular formula is C13H16N4O2. The Bertz CT molecular complexity index is 580. The Morgan fingerprint density at radius 2 is 2.32 bits per heavy atom. The predicted molar refractivity (Wildman–Crippen MR) is 69.5 cm³/mol. The molecule has 0 aliphatic heterocycles. The third-order valence-corrected chi connectivity index (χ3v) is 2.73. The highest BCUT2D eigenvalue weighted by atomic mass is 16.3.